The summed E-state index contributed by atoms with van der Waals surface area (Å²) in [5.74, 6) is 0. The Hall–Kier alpha value is 0.180. The minimum Gasteiger partial charge on any atom is -0.277 e. The van der Waals surface area contributed by atoms with E-state index in [2.05, 4.69) is 0 Å². The van der Waals surface area contributed by atoms with E-state index >= 15 is 0 Å². The van der Waals surface area contributed by atoms with Crippen molar-refractivity contribution in [1.29, 1.82) is 0 Å². The molecule has 0 radical (unpaired) electrons. The summed E-state index contributed by atoms with van der Waals surface area (Å²) < 4.78 is 11.6. The van der Waals surface area contributed by atoms with Gasteiger partial charge in [0.2, 0.25) is 0 Å². The number of rotatable bonds is 1. The van der Waals surface area contributed by atoms with Crippen molar-refractivity contribution in [1.82, 2.24) is 4.90 Å². The third kappa shape index (κ3) is 1.97. The third-order valence-corrected chi connectivity index (χ3v) is 1.37. The van der Waals surface area contributed by atoms with E-state index < -0.39 is 0 Å². The molecule has 1 aliphatic heterocycles. The van der Waals surface area contributed by atoms with E-state index in [1.54, 1.807) is 0 Å². The van der Waals surface area contributed by atoms with Gasteiger partial charge >= 0.3 is 0 Å². The number of halogens is 2. The lowest BCUT2D eigenvalue weighted by molar-refractivity contribution is 0.225. The highest BCUT2D eigenvalue weighted by Gasteiger charge is 2.08. The third-order valence-electron chi connectivity index (χ3n) is 1.37. The average Bonchev–Trinajstić information content (AvgIpc) is 2.14. The Morgan fingerprint density at radius 2 is 1.75 bits per heavy atom. The van der Waals surface area contributed by atoms with Gasteiger partial charge in [0.25, 0.3) is 0 Å². The Bertz CT molecular complexity index is 54.4. The molecule has 0 spiro atoms. The summed E-state index contributed by atoms with van der Waals surface area (Å²) in [6.07, 6.45) is 2.37. The van der Waals surface area contributed by atoms with Crippen LogP contribution in [0.2, 0.25) is 0 Å². The summed E-state index contributed by atoms with van der Waals surface area (Å²) in [5, 5.41) is 0. The fourth-order valence-corrected chi connectivity index (χ4v) is 0.902. The van der Waals surface area contributed by atoms with Crippen LogP contribution in [0.3, 0.4) is 0 Å². The summed E-state index contributed by atoms with van der Waals surface area (Å²) in [5.41, 5.74) is 0. The van der Waals surface area contributed by atoms with Crippen LogP contribution in [-0.2, 0) is 0 Å². The van der Waals surface area contributed by atoms with Crippen molar-refractivity contribution in [3.05, 3.63) is 0 Å². The van der Waals surface area contributed by atoms with Gasteiger partial charge in [0.15, 0.2) is 0 Å². The fraction of sp³-hybridized carbons (Fsp3) is 1.00. The minimum absolute atomic E-state index is 0. The zero-order valence-electron chi connectivity index (χ0n) is 4.77. The highest BCUT2D eigenvalue weighted by Crippen LogP contribution is 2.05. The van der Waals surface area contributed by atoms with Crippen LogP contribution in [0.1, 0.15) is 12.8 Å². The Kier molecular flexibility index (Phi) is 4.19. The molecule has 0 unspecified atom stereocenters. The maximum atomic E-state index is 11.6. The van der Waals surface area contributed by atoms with Gasteiger partial charge in [-0.2, -0.15) is 0 Å². The van der Waals surface area contributed by atoms with Crippen LogP contribution in [0.4, 0.5) is 4.39 Å². The van der Waals surface area contributed by atoms with Crippen molar-refractivity contribution in [3.63, 3.8) is 0 Å². The summed E-state index contributed by atoms with van der Waals surface area (Å²) in [4.78, 5) is 1.82. The van der Waals surface area contributed by atoms with Crippen molar-refractivity contribution < 1.29 is 4.39 Å². The second-order valence-corrected chi connectivity index (χ2v) is 1.94. The average molecular weight is 140 g/mol. The molecule has 1 saturated heterocycles. The summed E-state index contributed by atoms with van der Waals surface area (Å²) in [6, 6.07) is 0. The van der Waals surface area contributed by atoms with Gasteiger partial charge in [-0.3, -0.25) is 4.90 Å². The summed E-state index contributed by atoms with van der Waals surface area (Å²) in [7, 11) is 0. The van der Waals surface area contributed by atoms with Gasteiger partial charge in [0.05, 0.1) is 0 Å². The van der Waals surface area contributed by atoms with Crippen LogP contribution in [0, 0.1) is 0 Å². The Labute approximate surface area is 55.3 Å². The van der Waals surface area contributed by atoms with Crippen molar-refractivity contribution in [2.24, 2.45) is 0 Å². The van der Waals surface area contributed by atoms with Crippen LogP contribution in [0.5, 0.6) is 0 Å². The van der Waals surface area contributed by atoms with Crippen LogP contribution < -0.4 is 0 Å². The molecule has 50 valence electrons. The van der Waals surface area contributed by atoms with E-state index in [1.807, 2.05) is 4.90 Å². The van der Waals surface area contributed by atoms with E-state index in [9.17, 15) is 4.39 Å². The molecule has 0 aromatic rings. The second kappa shape index (κ2) is 4.10. The van der Waals surface area contributed by atoms with Crippen molar-refractivity contribution in [2.45, 2.75) is 12.8 Å². The molecule has 0 bridgehead atoms. The molecule has 1 fully saturated rings. The minimum atomic E-state index is -0.250. The lowest BCUT2D eigenvalue weighted by Gasteiger charge is -2.05. The number of hydrogen-bond donors (Lipinski definition) is 0. The maximum absolute atomic E-state index is 11.6. The molecule has 0 aromatic carbocycles. The molecule has 0 amide bonds. The molecule has 0 aromatic heterocycles. The van der Waals surface area contributed by atoms with Gasteiger partial charge < -0.3 is 0 Å². The maximum Gasteiger partial charge on any atom is 0.143 e. The first kappa shape index (κ1) is 8.18. The molecule has 1 nitrogen and oxygen atoms in total. The van der Waals surface area contributed by atoms with Gasteiger partial charge in [-0.15, -0.1) is 12.4 Å². The molecule has 1 aliphatic rings. The SMILES string of the molecule is Cl.FCN1CCCC1. The topological polar surface area (TPSA) is 3.24 Å². The fourth-order valence-electron chi connectivity index (χ4n) is 0.902. The zero-order chi connectivity index (χ0) is 5.11. The lowest BCUT2D eigenvalue weighted by Crippen LogP contribution is -2.16. The largest absolute Gasteiger partial charge is 0.277 e. The number of likely N-dealkylation sites (tertiary alicyclic amines) is 1. The zero-order valence-corrected chi connectivity index (χ0v) is 5.59. The monoisotopic (exact) mass is 139 g/mol. The van der Waals surface area contributed by atoms with E-state index in [1.165, 1.54) is 12.8 Å². The van der Waals surface area contributed by atoms with Crippen LogP contribution >= 0.6 is 12.4 Å². The first-order valence-electron chi connectivity index (χ1n) is 2.72. The molecular formula is C5H11ClFN. The Morgan fingerprint density at radius 1 is 1.25 bits per heavy atom. The summed E-state index contributed by atoms with van der Waals surface area (Å²) in [6.45, 7) is 1.69. The predicted octanol–water partition coefficient (Wildman–Crippen LogP) is 1.43. The standard InChI is InChI=1S/C5H10FN.ClH/c6-5-7-3-1-2-4-7;/h1-5H2;1H. The van der Waals surface area contributed by atoms with Gasteiger partial charge in [0, 0.05) is 13.1 Å². The van der Waals surface area contributed by atoms with Crippen molar-refractivity contribution in [3.8, 4) is 0 Å². The van der Waals surface area contributed by atoms with Gasteiger partial charge in [-0.1, -0.05) is 0 Å². The smallest absolute Gasteiger partial charge is 0.143 e. The number of alkyl halides is 1. The number of nitrogens with zero attached hydrogens (tertiary/aromatic N) is 1. The van der Waals surface area contributed by atoms with E-state index in [0.29, 0.717) is 0 Å². The van der Waals surface area contributed by atoms with Crippen molar-refractivity contribution >= 4 is 12.4 Å². The Morgan fingerprint density at radius 3 is 2.00 bits per heavy atom. The van der Waals surface area contributed by atoms with Crippen LogP contribution in [0.15, 0.2) is 0 Å². The first-order valence-corrected chi connectivity index (χ1v) is 2.72. The normalized spacial score (nSPS) is 20.6. The molecule has 0 atom stereocenters. The Balaban J connectivity index is 0.000000490. The highest BCUT2D eigenvalue weighted by molar-refractivity contribution is 5.85. The van der Waals surface area contributed by atoms with Gasteiger partial charge in [0.1, 0.15) is 6.80 Å². The molecule has 1 rings (SSSR count). The van der Waals surface area contributed by atoms with Gasteiger partial charge in [-0.05, 0) is 12.8 Å². The molecule has 1 heterocycles. The predicted molar refractivity (Wildman–Crippen MR) is 34.0 cm³/mol. The second-order valence-electron chi connectivity index (χ2n) is 1.94. The molecule has 8 heavy (non-hydrogen) atoms. The molecular weight excluding hydrogens is 129 g/mol. The molecule has 0 aliphatic carbocycles. The first-order chi connectivity index (χ1) is 3.43. The van der Waals surface area contributed by atoms with E-state index in [-0.39, 0.29) is 19.2 Å². The van der Waals surface area contributed by atoms with Crippen LogP contribution in [-0.4, -0.2) is 24.8 Å². The molecule has 0 saturated carbocycles. The summed E-state index contributed by atoms with van der Waals surface area (Å²) >= 11 is 0. The lowest BCUT2D eigenvalue weighted by atomic mass is 10.4. The molecule has 3 heteroatoms. The van der Waals surface area contributed by atoms with Crippen LogP contribution in [0.25, 0.3) is 0 Å². The number of hydrogen-bond acceptors (Lipinski definition) is 1. The van der Waals surface area contributed by atoms with E-state index in [0.717, 1.165) is 13.1 Å². The van der Waals surface area contributed by atoms with Crippen molar-refractivity contribution in [2.75, 3.05) is 19.9 Å². The van der Waals surface area contributed by atoms with Gasteiger partial charge in [-0.25, -0.2) is 4.39 Å². The highest BCUT2D eigenvalue weighted by atomic mass is 35.5. The quantitative estimate of drug-likeness (QED) is 0.497. The molecule has 0 N–H and O–H groups in total. The van der Waals surface area contributed by atoms with E-state index in [4.69, 9.17) is 0 Å².